The number of nitrogen functional groups attached to an aromatic ring is 1. The summed E-state index contributed by atoms with van der Waals surface area (Å²) in [4.78, 5) is 4.24. The average Bonchev–Trinajstić information content (AvgIpc) is 2.92. The van der Waals surface area contributed by atoms with Crippen LogP contribution < -0.4 is 5.73 Å². The molecule has 0 fully saturated rings. The number of aryl methyl sites for hydroxylation is 1. The first-order valence-corrected chi connectivity index (χ1v) is 6.75. The Kier molecular flexibility index (Phi) is 3.85. The molecule has 0 aliphatic heterocycles. The number of rotatable bonds is 5. The van der Waals surface area contributed by atoms with Crippen LogP contribution in [-0.2, 0) is 12.2 Å². The van der Waals surface area contributed by atoms with Crippen molar-refractivity contribution in [1.29, 1.82) is 0 Å². The van der Waals surface area contributed by atoms with Crippen LogP contribution in [0, 0.1) is 0 Å². The Labute approximate surface area is 109 Å². The molecule has 0 saturated carbocycles. The van der Waals surface area contributed by atoms with E-state index in [0.29, 0.717) is 23.4 Å². The fourth-order valence-electron chi connectivity index (χ4n) is 1.49. The molecule has 2 heterocycles. The Morgan fingerprint density at radius 3 is 2.78 bits per heavy atom. The molecule has 7 nitrogen and oxygen atoms in total. The fourth-order valence-corrected chi connectivity index (χ4v) is 2.41. The Balaban J connectivity index is 2.06. The third-order valence-electron chi connectivity index (χ3n) is 2.35. The van der Waals surface area contributed by atoms with E-state index in [0.717, 1.165) is 11.6 Å². The third kappa shape index (κ3) is 2.63. The van der Waals surface area contributed by atoms with E-state index in [1.54, 1.807) is 0 Å². The molecule has 18 heavy (non-hydrogen) atoms. The Morgan fingerprint density at radius 1 is 1.39 bits per heavy atom. The molecule has 0 aliphatic carbocycles. The van der Waals surface area contributed by atoms with Gasteiger partial charge in [-0.1, -0.05) is 23.8 Å². The van der Waals surface area contributed by atoms with Gasteiger partial charge in [-0.25, -0.2) is 0 Å². The van der Waals surface area contributed by atoms with Gasteiger partial charge in [-0.15, -0.1) is 10.2 Å². The first-order chi connectivity index (χ1) is 8.61. The molecule has 0 amide bonds. The van der Waals surface area contributed by atoms with Crippen molar-refractivity contribution in [3.63, 3.8) is 0 Å². The van der Waals surface area contributed by atoms with Gasteiger partial charge in [-0.05, 0) is 13.8 Å². The van der Waals surface area contributed by atoms with Gasteiger partial charge in [0.1, 0.15) is 0 Å². The predicted molar refractivity (Wildman–Crippen MR) is 68.1 cm³/mol. The van der Waals surface area contributed by atoms with E-state index in [1.165, 1.54) is 11.8 Å². The van der Waals surface area contributed by atoms with Crippen LogP contribution in [0.25, 0.3) is 0 Å². The van der Waals surface area contributed by atoms with E-state index >= 15 is 0 Å². The summed E-state index contributed by atoms with van der Waals surface area (Å²) in [6.07, 6.45) is 0.743. The van der Waals surface area contributed by atoms with Gasteiger partial charge in [0.25, 0.3) is 0 Å². The van der Waals surface area contributed by atoms with Gasteiger partial charge >= 0.3 is 0 Å². The number of nitrogens with two attached hydrogens (primary N) is 1. The Bertz CT molecular complexity index is 520. The molecule has 0 unspecified atom stereocenters. The van der Waals surface area contributed by atoms with Gasteiger partial charge in [-0.2, -0.15) is 4.98 Å². The lowest BCUT2D eigenvalue weighted by atomic mass is 10.4. The van der Waals surface area contributed by atoms with Crippen molar-refractivity contribution in [3.05, 3.63) is 11.7 Å². The molecule has 2 aromatic heterocycles. The molecule has 0 spiro atoms. The van der Waals surface area contributed by atoms with Gasteiger partial charge in [-0.3, -0.25) is 4.57 Å². The first-order valence-electron chi connectivity index (χ1n) is 5.76. The minimum atomic E-state index is 0.221. The van der Waals surface area contributed by atoms with Crippen LogP contribution in [0.4, 0.5) is 5.95 Å². The van der Waals surface area contributed by atoms with Crippen LogP contribution >= 0.6 is 11.8 Å². The summed E-state index contributed by atoms with van der Waals surface area (Å²) in [5, 5.41) is 12.6. The van der Waals surface area contributed by atoms with E-state index < -0.39 is 0 Å². The second-order valence-electron chi connectivity index (χ2n) is 4.05. The molecule has 0 saturated heterocycles. The van der Waals surface area contributed by atoms with Crippen molar-refractivity contribution in [2.75, 3.05) is 5.73 Å². The highest BCUT2D eigenvalue weighted by atomic mass is 32.2. The number of anilines is 1. The van der Waals surface area contributed by atoms with Crippen LogP contribution in [-0.4, -0.2) is 24.9 Å². The predicted octanol–water partition coefficient (Wildman–Crippen LogP) is 1.68. The van der Waals surface area contributed by atoms with Gasteiger partial charge in [0.15, 0.2) is 11.0 Å². The van der Waals surface area contributed by atoms with E-state index in [2.05, 4.69) is 20.3 Å². The van der Waals surface area contributed by atoms with E-state index in [9.17, 15) is 0 Å². The molecule has 0 radical (unpaired) electrons. The summed E-state index contributed by atoms with van der Waals surface area (Å²) >= 11 is 1.50. The molecular formula is C10H16N6OS. The van der Waals surface area contributed by atoms with Crippen LogP contribution in [0.3, 0.4) is 0 Å². The molecule has 2 aromatic rings. The van der Waals surface area contributed by atoms with Crippen molar-refractivity contribution in [1.82, 2.24) is 24.9 Å². The molecule has 2 N–H and O–H groups in total. The lowest BCUT2D eigenvalue weighted by Gasteiger charge is -2.10. The van der Waals surface area contributed by atoms with Gasteiger partial charge in [0.2, 0.25) is 11.8 Å². The van der Waals surface area contributed by atoms with Crippen molar-refractivity contribution < 1.29 is 4.52 Å². The maximum atomic E-state index is 5.76. The standard InChI is InChI=1S/C10H16N6OS/c1-4-8-12-7(15-17-8)5-18-10-14-13-9(11)16(10)6(2)3/h6H,4-5H2,1-3H3,(H2,11,13). The Hall–Kier alpha value is -1.57. The molecule has 0 atom stereocenters. The fraction of sp³-hybridized carbons (Fsp3) is 0.600. The van der Waals surface area contributed by atoms with Crippen molar-refractivity contribution >= 4 is 17.7 Å². The minimum absolute atomic E-state index is 0.221. The molecule has 0 aromatic carbocycles. The van der Waals surface area contributed by atoms with Gasteiger partial charge in [0, 0.05) is 12.5 Å². The topological polar surface area (TPSA) is 95.7 Å². The van der Waals surface area contributed by atoms with E-state index in [4.69, 9.17) is 10.3 Å². The largest absolute Gasteiger partial charge is 0.368 e. The summed E-state index contributed by atoms with van der Waals surface area (Å²) in [7, 11) is 0. The summed E-state index contributed by atoms with van der Waals surface area (Å²) in [5.74, 6) is 2.33. The lowest BCUT2D eigenvalue weighted by Crippen LogP contribution is -2.07. The highest BCUT2D eigenvalue weighted by Gasteiger charge is 2.14. The number of hydrogen-bond acceptors (Lipinski definition) is 7. The first kappa shape index (κ1) is 12.9. The van der Waals surface area contributed by atoms with Gasteiger partial charge < -0.3 is 10.3 Å². The summed E-state index contributed by atoms with van der Waals surface area (Å²) in [5.41, 5.74) is 5.76. The zero-order chi connectivity index (χ0) is 13.1. The smallest absolute Gasteiger partial charge is 0.226 e. The second-order valence-corrected chi connectivity index (χ2v) is 4.99. The zero-order valence-corrected chi connectivity index (χ0v) is 11.4. The maximum Gasteiger partial charge on any atom is 0.226 e. The quantitative estimate of drug-likeness (QED) is 0.824. The number of hydrogen-bond donors (Lipinski definition) is 1. The van der Waals surface area contributed by atoms with Crippen LogP contribution in [0.15, 0.2) is 9.68 Å². The van der Waals surface area contributed by atoms with Crippen molar-refractivity contribution in [3.8, 4) is 0 Å². The summed E-state index contributed by atoms with van der Waals surface area (Å²) in [6.45, 7) is 6.04. The Morgan fingerprint density at radius 2 is 2.17 bits per heavy atom. The summed E-state index contributed by atoms with van der Waals surface area (Å²) < 4.78 is 6.92. The molecule has 0 aliphatic rings. The monoisotopic (exact) mass is 268 g/mol. The number of aromatic nitrogens is 5. The summed E-state index contributed by atoms with van der Waals surface area (Å²) in [6, 6.07) is 0.221. The maximum absolute atomic E-state index is 5.76. The second kappa shape index (κ2) is 5.38. The normalized spacial score (nSPS) is 11.3. The molecule has 8 heteroatoms. The van der Waals surface area contributed by atoms with E-state index in [-0.39, 0.29) is 6.04 Å². The molecule has 0 bridgehead atoms. The third-order valence-corrected chi connectivity index (χ3v) is 3.29. The van der Waals surface area contributed by atoms with Crippen LogP contribution in [0.5, 0.6) is 0 Å². The minimum Gasteiger partial charge on any atom is -0.368 e. The van der Waals surface area contributed by atoms with Crippen LogP contribution in [0.2, 0.25) is 0 Å². The highest BCUT2D eigenvalue weighted by Crippen LogP contribution is 2.24. The number of thioether (sulfide) groups is 1. The molecule has 98 valence electrons. The highest BCUT2D eigenvalue weighted by molar-refractivity contribution is 7.98. The molecular weight excluding hydrogens is 252 g/mol. The van der Waals surface area contributed by atoms with Gasteiger partial charge in [0.05, 0.1) is 5.75 Å². The van der Waals surface area contributed by atoms with E-state index in [1.807, 2.05) is 25.3 Å². The van der Waals surface area contributed by atoms with Crippen molar-refractivity contribution in [2.45, 2.75) is 44.1 Å². The van der Waals surface area contributed by atoms with Crippen molar-refractivity contribution in [2.24, 2.45) is 0 Å². The lowest BCUT2D eigenvalue weighted by molar-refractivity contribution is 0.378. The number of nitrogens with zero attached hydrogens (tertiary/aromatic N) is 5. The zero-order valence-electron chi connectivity index (χ0n) is 10.6. The molecule has 2 rings (SSSR count). The average molecular weight is 268 g/mol. The SMILES string of the molecule is CCc1nc(CSc2nnc(N)n2C(C)C)no1. The van der Waals surface area contributed by atoms with Crippen LogP contribution in [0.1, 0.15) is 38.5 Å².